The van der Waals surface area contributed by atoms with Crippen molar-refractivity contribution in [3.8, 4) is 5.75 Å². The van der Waals surface area contributed by atoms with Gasteiger partial charge in [-0.2, -0.15) is 22.0 Å². The quantitative estimate of drug-likeness (QED) is 0.851. The summed E-state index contributed by atoms with van der Waals surface area (Å²) in [6, 6.07) is 2.68. The molecule has 0 aliphatic rings. The molecule has 18 heavy (non-hydrogen) atoms. The molecule has 102 valence electrons. The third-order valence-corrected chi connectivity index (χ3v) is 2.32. The fourth-order valence-corrected chi connectivity index (χ4v) is 1.40. The van der Waals surface area contributed by atoms with Crippen LogP contribution in [0.5, 0.6) is 5.75 Å². The molecule has 7 heteroatoms. The van der Waals surface area contributed by atoms with E-state index in [4.69, 9.17) is 10.5 Å². The summed E-state index contributed by atoms with van der Waals surface area (Å²) in [4.78, 5) is 0. The van der Waals surface area contributed by atoms with E-state index in [1.807, 2.05) is 0 Å². The zero-order valence-corrected chi connectivity index (χ0v) is 9.47. The van der Waals surface area contributed by atoms with Gasteiger partial charge in [0.05, 0.1) is 6.61 Å². The summed E-state index contributed by atoms with van der Waals surface area (Å²) >= 11 is 0. The van der Waals surface area contributed by atoms with Crippen LogP contribution in [0.2, 0.25) is 0 Å². The van der Waals surface area contributed by atoms with Crippen LogP contribution in [0.1, 0.15) is 18.5 Å². The van der Waals surface area contributed by atoms with Crippen molar-refractivity contribution < 1.29 is 26.7 Å². The van der Waals surface area contributed by atoms with Crippen LogP contribution in [-0.4, -0.2) is 18.7 Å². The summed E-state index contributed by atoms with van der Waals surface area (Å²) in [5.41, 5.74) is 4.67. The number of para-hydroxylation sites is 1. The first-order chi connectivity index (χ1) is 8.21. The third-order valence-electron chi connectivity index (χ3n) is 2.32. The molecular weight excluding hydrogens is 257 g/mol. The Labute approximate surface area is 101 Å². The molecule has 1 aromatic carbocycles. The van der Waals surface area contributed by atoms with Crippen molar-refractivity contribution in [2.45, 2.75) is 25.1 Å². The predicted octanol–water partition coefficient (Wildman–Crippen LogP) is 3.28. The van der Waals surface area contributed by atoms with Crippen LogP contribution >= 0.6 is 0 Å². The first kappa shape index (κ1) is 14.7. The molecule has 0 saturated heterocycles. The number of benzene rings is 1. The zero-order chi connectivity index (χ0) is 14.0. The van der Waals surface area contributed by atoms with E-state index in [1.165, 1.54) is 18.2 Å². The largest absolute Gasteiger partial charge is 0.494 e. The topological polar surface area (TPSA) is 35.2 Å². The number of ether oxygens (including phenoxy) is 1. The summed E-state index contributed by atoms with van der Waals surface area (Å²) in [5.74, 6) is -5.09. The number of rotatable bonds is 4. The molecule has 0 radical (unpaired) electrons. The Morgan fingerprint density at radius 1 is 1.17 bits per heavy atom. The van der Waals surface area contributed by atoms with Gasteiger partial charge in [0.1, 0.15) is 11.8 Å². The van der Waals surface area contributed by atoms with Gasteiger partial charge in [-0.05, 0) is 13.0 Å². The Morgan fingerprint density at radius 3 is 2.22 bits per heavy atom. The number of hydrogen-bond acceptors (Lipinski definition) is 2. The van der Waals surface area contributed by atoms with Gasteiger partial charge in [-0.3, -0.25) is 0 Å². The minimum absolute atomic E-state index is 0.0728. The second-order valence-electron chi connectivity index (χ2n) is 3.57. The van der Waals surface area contributed by atoms with Gasteiger partial charge >= 0.3 is 12.1 Å². The molecule has 0 saturated carbocycles. The average Bonchev–Trinajstić information content (AvgIpc) is 2.28. The summed E-state index contributed by atoms with van der Waals surface area (Å²) < 4.78 is 67.9. The lowest BCUT2D eigenvalue weighted by atomic mass is 10.00. The van der Waals surface area contributed by atoms with Crippen LogP contribution in [0.3, 0.4) is 0 Å². The van der Waals surface area contributed by atoms with Gasteiger partial charge in [-0.15, -0.1) is 0 Å². The second kappa shape index (κ2) is 5.09. The fraction of sp³-hybridized carbons (Fsp3) is 0.455. The molecule has 0 heterocycles. The molecule has 1 atom stereocenters. The Morgan fingerprint density at radius 2 is 1.72 bits per heavy atom. The molecule has 1 aromatic rings. The molecule has 0 bridgehead atoms. The second-order valence-corrected chi connectivity index (χ2v) is 3.57. The summed E-state index contributed by atoms with van der Waals surface area (Å²) in [6.07, 6.45) is -5.70. The highest BCUT2D eigenvalue weighted by Crippen LogP contribution is 2.45. The standard InChI is InChI=1S/C11H12F5NO/c1-2-18-8-6-4-3-5-7(8)9(17)10(12,13)11(14,15)16/h3-6,9H,2,17H2,1H3/t9-/m1/s1. The Kier molecular flexibility index (Phi) is 4.16. The normalized spacial score (nSPS) is 14.4. The minimum Gasteiger partial charge on any atom is -0.494 e. The first-order valence-electron chi connectivity index (χ1n) is 5.13. The van der Waals surface area contributed by atoms with Gasteiger partial charge in [0.15, 0.2) is 0 Å². The number of alkyl halides is 5. The third kappa shape index (κ3) is 2.72. The predicted molar refractivity (Wildman–Crippen MR) is 55.5 cm³/mol. The molecule has 0 fully saturated rings. The molecule has 0 aromatic heterocycles. The summed E-state index contributed by atoms with van der Waals surface area (Å²) in [6.45, 7) is 1.73. The highest BCUT2D eigenvalue weighted by Gasteiger charge is 2.62. The van der Waals surface area contributed by atoms with Gasteiger partial charge < -0.3 is 10.5 Å². The minimum atomic E-state index is -5.70. The van der Waals surface area contributed by atoms with E-state index < -0.39 is 18.1 Å². The molecule has 2 nitrogen and oxygen atoms in total. The Balaban J connectivity index is 3.14. The van der Waals surface area contributed by atoms with Gasteiger partial charge in [-0.25, -0.2) is 0 Å². The van der Waals surface area contributed by atoms with Crippen molar-refractivity contribution in [1.82, 2.24) is 0 Å². The lowest BCUT2D eigenvalue weighted by Gasteiger charge is -2.27. The molecule has 0 unspecified atom stereocenters. The number of halogens is 5. The monoisotopic (exact) mass is 269 g/mol. The molecule has 1 rings (SSSR count). The van der Waals surface area contributed by atoms with E-state index in [0.29, 0.717) is 0 Å². The maximum Gasteiger partial charge on any atom is 0.455 e. The molecular formula is C11H12F5NO. The summed E-state index contributed by atoms with van der Waals surface area (Å²) in [5, 5.41) is 0. The highest BCUT2D eigenvalue weighted by atomic mass is 19.4. The van der Waals surface area contributed by atoms with Gasteiger partial charge in [0.2, 0.25) is 0 Å². The van der Waals surface area contributed by atoms with Crippen LogP contribution in [0.4, 0.5) is 22.0 Å². The first-order valence-corrected chi connectivity index (χ1v) is 5.13. The maximum atomic E-state index is 13.1. The van der Waals surface area contributed by atoms with Crippen molar-refractivity contribution >= 4 is 0 Å². The van der Waals surface area contributed by atoms with Gasteiger partial charge in [0.25, 0.3) is 0 Å². The molecule has 0 amide bonds. The van der Waals surface area contributed by atoms with Gasteiger partial charge in [-0.1, -0.05) is 18.2 Å². The van der Waals surface area contributed by atoms with E-state index >= 15 is 0 Å². The van der Waals surface area contributed by atoms with Crippen molar-refractivity contribution in [3.05, 3.63) is 29.8 Å². The van der Waals surface area contributed by atoms with Crippen LogP contribution in [0.25, 0.3) is 0 Å². The molecule has 0 aliphatic heterocycles. The molecule has 2 N–H and O–H groups in total. The van der Waals surface area contributed by atoms with E-state index in [9.17, 15) is 22.0 Å². The lowest BCUT2D eigenvalue weighted by Crippen LogP contribution is -2.45. The highest BCUT2D eigenvalue weighted by molar-refractivity contribution is 5.37. The Hall–Kier alpha value is -1.37. The number of nitrogens with two attached hydrogens (primary N) is 1. The lowest BCUT2D eigenvalue weighted by molar-refractivity contribution is -0.291. The van der Waals surface area contributed by atoms with Crippen LogP contribution in [-0.2, 0) is 0 Å². The maximum absolute atomic E-state index is 13.1. The van der Waals surface area contributed by atoms with E-state index in [1.54, 1.807) is 6.92 Å². The van der Waals surface area contributed by atoms with Gasteiger partial charge in [0, 0.05) is 5.56 Å². The molecule has 0 aliphatic carbocycles. The van der Waals surface area contributed by atoms with E-state index in [-0.39, 0.29) is 17.9 Å². The Bertz CT molecular complexity index is 405. The van der Waals surface area contributed by atoms with Crippen LogP contribution in [0, 0.1) is 0 Å². The molecule has 0 spiro atoms. The summed E-state index contributed by atoms with van der Waals surface area (Å²) in [7, 11) is 0. The smallest absolute Gasteiger partial charge is 0.455 e. The fourth-order valence-electron chi connectivity index (χ4n) is 1.40. The van der Waals surface area contributed by atoms with E-state index in [0.717, 1.165) is 6.07 Å². The van der Waals surface area contributed by atoms with Crippen LogP contribution < -0.4 is 10.5 Å². The van der Waals surface area contributed by atoms with Crippen molar-refractivity contribution in [3.63, 3.8) is 0 Å². The zero-order valence-electron chi connectivity index (χ0n) is 9.47. The SMILES string of the molecule is CCOc1ccccc1[C@@H](N)C(F)(F)C(F)(F)F. The van der Waals surface area contributed by atoms with Crippen molar-refractivity contribution in [1.29, 1.82) is 0 Å². The van der Waals surface area contributed by atoms with Crippen molar-refractivity contribution in [2.75, 3.05) is 6.61 Å². The van der Waals surface area contributed by atoms with Crippen molar-refractivity contribution in [2.24, 2.45) is 5.73 Å². The van der Waals surface area contributed by atoms with E-state index in [2.05, 4.69) is 0 Å². The average molecular weight is 269 g/mol. The van der Waals surface area contributed by atoms with Crippen LogP contribution in [0.15, 0.2) is 24.3 Å². The number of hydrogen-bond donors (Lipinski definition) is 1.